The van der Waals surface area contributed by atoms with Gasteiger partial charge in [-0.05, 0) is 5.56 Å². The molecule has 1 aliphatic heterocycles. The quantitative estimate of drug-likeness (QED) is 0.918. The second kappa shape index (κ2) is 5.05. The predicted octanol–water partition coefficient (Wildman–Crippen LogP) is 2.45. The minimum absolute atomic E-state index is 0.181. The Bertz CT molecular complexity index is 508. The zero-order valence-corrected chi connectivity index (χ0v) is 9.94. The van der Waals surface area contributed by atoms with Crippen molar-refractivity contribution in [3.63, 3.8) is 0 Å². The maximum absolute atomic E-state index is 12.7. The van der Waals surface area contributed by atoms with Crippen molar-refractivity contribution >= 4 is 5.97 Å². The van der Waals surface area contributed by atoms with Crippen molar-refractivity contribution in [3.05, 3.63) is 47.0 Å². The van der Waals surface area contributed by atoms with Gasteiger partial charge in [0, 0.05) is 19.6 Å². The van der Waals surface area contributed by atoms with Gasteiger partial charge in [0.1, 0.15) is 0 Å². The molecule has 3 nitrogen and oxygen atoms in total. The highest BCUT2D eigenvalue weighted by atomic mass is 19.4. The number of carboxylic acids is 1. The van der Waals surface area contributed by atoms with Gasteiger partial charge in [-0.15, -0.1) is 0 Å². The molecule has 102 valence electrons. The van der Waals surface area contributed by atoms with E-state index in [2.05, 4.69) is 0 Å². The summed E-state index contributed by atoms with van der Waals surface area (Å²) in [6.07, 6.45) is -4.58. The summed E-state index contributed by atoms with van der Waals surface area (Å²) in [5.41, 5.74) is -0.643. The normalized spacial score (nSPS) is 17.0. The van der Waals surface area contributed by atoms with Crippen molar-refractivity contribution in [2.24, 2.45) is 0 Å². The molecule has 0 saturated heterocycles. The molecule has 0 amide bonds. The monoisotopic (exact) mass is 271 g/mol. The number of hydrogen-bond acceptors (Lipinski definition) is 2. The van der Waals surface area contributed by atoms with E-state index in [0.717, 1.165) is 5.56 Å². The first-order valence-electron chi connectivity index (χ1n) is 5.66. The molecule has 0 fully saturated rings. The number of halogens is 3. The van der Waals surface area contributed by atoms with Crippen molar-refractivity contribution < 1.29 is 23.1 Å². The van der Waals surface area contributed by atoms with Crippen LogP contribution in [-0.2, 0) is 11.3 Å². The van der Waals surface area contributed by atoms with Crippen LogP contribution in [0.1, 0.15) is 5.56 Å². The van der Waals surface area contributed by atoms with Crippen LogP contribution >= 0.6 is 0 Å². The molecule has 0 radical (unpaired) electrons. The number of alkyl halides is 3. The third kappa shape index (κ3) is 3.14. The van der Waals surface area contributed by atoms with Crippen LogP contribution in [0.3, 0.4) is 0 Å². The van der Waals surface area contributed by atoms with Gasteiger partial charge in [0.25, 0.3) is 0 Å². The Balaban J connectivity index is 2.13. The largest absolute Gasteiger partial charge is 0.478 e. The predicted molar refractivity (Wildman–Crippen MR) is 62.4 cm³/mol. The molecule has 1 heterocycles. The summed E-state index contributed by atoms with van der Waals surface area (Å²) in [4.78, 5) is 12.3. The van der Waals surface area contributed by atoms with E-state index >= 15 is 0 Å². The summed E-state index contributed by atoms with van der Waals surface area (Å²) in [5.74, 6) is -1.50. The zero-order chi connectivity index (χ0) is 14.0. The van der Waals surface area contributed by atoms with E-state index in [1.807, 2.05) is 6.07 Å². The minimum atomic E-state index is -4.58. The maximum atomic E-state index is 12.7. The third-order valence-corrected chi connectivity index (χ3v) is 2.98. The highest BCUT2D eigenvalue weighted by Crippen LogP contribution is 2.33. The lowest BCUT2D eigenvalue weighted by molar-refractivity contribution is -0.133. The molecule has 6 heteroatoms. The molecule has 1 aromatic rings. The molecule has 1 aromatic carbocycles. The fourth-order valence-corrected chi connectivity index (χ4v) is 2.10. The van der Waals surface area contributed by atoms with Crippen LogP contribution in [0.25, 0.3) is 0 Å². The smallest absolute Gasteiger partial charge is 0.414 e. The first-order valence-corrected chi connectivity index (χ1v) is 5.66. The van der Waals surface area contributed by atoms with E-state index in [0.29, 0.717) is 6.54 Å². The standard InChI is InChI=1S/C13H12F3NO2/c14-13(15,16)11-8-17(7-10(11)12(18)19)6-9-4-2-1-3-5-9/h1-5H,6-8H2,(H,18,19). The van der Waals surface area contributed by atoms with Crippen molar-refractivity contribution in [1.29, 1.82) is 0 Å². The summed E-state index contributed by atoms with van der Waals surface area (Å²) in [6.45, 7) is -0.254. The highest BCUT2D eigenvalue weighted by molar-refractivity contribution is 5.89. The average Bonchev–Trinajstić information content (AvgIpc) is 2.74. The minimum Gasteiger partial charge on any atom is -0.478 e. The van der Waals surface area contributed by atoms with Crippen LogP contribution in [0.4, 0.5) is 13.2 Å². The van der Waals surface area contributed by atoms with E-state index < -0.39 is 23.3 Å². The first-order chi connectivity index (χ1) is 8.88. The molecular weight excluding hydrogens is 259 g/mol. The Morgan fingerprint density at radius 1 is 1.21 bits per heavy atom. The van der Waals surface area contributed by atoms with Crippen LogP contribution in [0.5, 0.6) is 0 Å². The number of carbonyl (C=O) groups is 1. The SMILES string of the molecule is O=C(O)C1=C(C(F)(F)F)CN(Cc2ccccc2)C1. The molecule has 0 aliphatic carbocycles. The molecule has 0 aromatic heterocycles. The van der Waals surface area contributed by atoms with E-state index in [9.17, 15) is 18.0 Å². The van der Waals surface area contributed by atoms with E-state index in [-0.39, 0.29) is 13.1 Å². The van der Waals surface area contributed by atoms with Gasteiger partial charge in [-0.3, -0.25) is 4.90 Å². The van der Waals surface area contributed by atoms with E-state index in [1.165, 1.54) is 4.90 Å². The van der Waals surface area contributed by atoms with Crippen LogP contribution in [0, 0.1) is 0 Å². The fourth-order valence-electron chi connectivity index (χ4n) is 2.10. The molecule has 0 saturated carbocycles. The summed E-state index contributed by atoms with van der Waals surface area (Å²) >= 11 is 0. The Morgan fingerprint density at radius 3 is 2.32 bits per heavy atom. The molecule has 1 aliphatic rings. The van der Waals surface area contributed by atoms with Gasteiger partial charge in [0.15, 0.2) is 0 Å². The fraction of sp³-hybridized carbons (Fsp3) is 0.308. The van der Waals surface area contributed by atoms with Gasteiger partial charge in [0.05, 0.1) is 11.1 Å². The molecule has 19 heavy (non-hydrogen) atoms. The molecule has 0 bridgehead atoms. The lowest BCUT2D eigenvalue weighted by atomic mass is 10.1. The summed E-state index contributed by atoms with van der Waals surface area (Å²) in [7, 11) is 0. The number of aliphatic carboxylic acids is 1. The lowest BCUT2D eigenvalue weighted by Crippen LogP contribution is -2.24. The summed E-state index contributed by atoms with van der Waals surface area (Å²) < 4.78 is 38.2. The van der Waals surface area contributed by atoms with Gasteiger partial charge in [0.2, 0.25) is 0 Å². The van der Waals surface area contributed by atoms with Crippen LogP contribution < -0.4 is 0 Å². The Labute approximate surface area is 108 Å². The van der Waals surface area contributed by atoms with Crippen LogP contribution in [0.2, 0.25) is 0 Å². The van der Waals surface area contributed by atoms with Crippen LogP contribution in [-0.4, -0.2) is 35.2 Å². The number of hydrogen-bond donors (Lipinski definition) is 1. The van der Waals surface area contributed by atoms with Crippen molar-refractivity contribution in [2.75, 3.05) is 13.1 Å². The van der Waals surface area contributed by atoms with E-state index in [1.54, 1.807) is 24.3 Å². The zero-order valence-electron chi connectivity index (χ0n) is 9.94. The van der Waals surface area contributed by atoms with Gasteiger partial charge >= 0.3 is 12.1 Å². The second-order valence-electron chi connectivity index (χ2n) is 4.39. The molecule has 0 spiro atoms. The maximum Gasteiger partial charge on any atom is 0.414 e. The topological polar surface area (TPSA) is 40.5 Å². The van der Waals surface area contributed by atoms with Crippen molar-refractivity contribution in [1.82, 2.24) is 4.90 Å². The number of carboxylic acid groups (broad SMARTS) is 1. The molecule has 0 unspecified atom stereocenters. The van der Waals surface area contributed by atoms with Gasteiger partial charge in [-0.25, -0.2) is 4.79 Å². The number of benzene rings is 1. The first kappa shape index (κ1) is 13.6. The summed E-state index contributed by atoms with van der Waals surface area (Å²) in [5, 5.41) is 8.85. The summed E-state index contributed by atoms with van der Waals surface area (Å²) in [6, 6.07) is 9.00. The average molecular weight is 271 g/mol. The number of nitrogens with zero attached hydrogens (tertiary/aromatic N) is 1. The molecule has 1 N–H and O–H groups in total. The lowest BCUT2D eigenvalue weighted by Gasteiger charge is -2.16. The van der Waals surface area contributed by atoms with Crippen molar-refractivity contribution in [3.8, 4) is 0 Å². The van der Waals surface area contributed by atoms with Crippen LogP contribution in [0.15, 0.2) is 41.5 Å². The van der Waals surface area contributed by atoms with Gasteiger partial charge in [-0.1, -0.05) is 30.3 Å². The molecular formula is C13H12F3NO2. The van der Waals surface area contributed by atoms with Crippen molar-refractivity contribution in [2.45, 2.75) is 12.7 Å². The van der Waals surface area contributed by atoms with Gasteiger partial charge in [-0.2, -0.15) is 13.2 Å². The van der Waals surface area contributed by atoms with Gasteiger partial charge < -0.3 is 5.11 Å². The Morgan fingerprint density at radius 2 is 1.84 bits per heavy atom. The van der Waals surface area contributed by atoms with E-state index in [4.69, 9.17) is 5.11 Å². The third-order valence-electron chi connectivity index (χ3n) is 2.98. The molecule has 0 atom stereocenters. The molecule has 2 rings (SSSR count). The highest BCUT2D eigenvalue weighted by Gasteiger charge is 2.42. The Hall–Kier alpha value is -1.82. The Kier molecular flexibility index (Phi) is 3.61. The second-order valence-corrected chi connectivity index (χ2v) is 4.39. The number of rotatable bonds is 3.